The fourth-order valence-corrected chi connectivity index (χ4v) is 1.23. The third-order valence-electron chi connectivity index (χ3n) is 1.56. The summed E-state index contributed by atoms with van der Waals surface area (Å²) in [6.07, 6.45) is -1.09. The van der Waals surface area contributed by atoms with E-state index < -0.39 is 26.5 Å². The number of ether oxygens (including phenoxy) is 1. The van der Waals surface area contributed by atoms with E-state index in [0.717, 1.165) is 0 Å². The van der Waals surface area contributed by atoms with Crippen LogP contribution < -0.4 is 4.72 Å². The van der Waals surface area contributed by atoms with Gasteiger partial charge < -0.3 is 4.74 Å². The lowest BCUT2D eigenvalue weighted by Crippen LogP contribution is -2.45. The molecule has 1 N–H and O–H groups in total. The molecular formula is C9H16N2O4S. The number of nitrogens with one attached hydrogen (secondary N) is 1. The van der Waals surface area contributed by atoms with Crippen LogP contribution >= 0.6 is 0 Å². The maximum atomic E-state index is 11.5. The van der Waals surface area contributed by atoms with E-state index in [0.29, 0.717) is 0 Å². The number of hydrogen-bond acceptors (Lipinski definition) is 5. The van der Waals surface area contributed by atoms with Crippen LogP contribution in [0.4, 0.5) is 4.79 Å². The summed E-state index contributed by atoms with van der Waals surface area (Å²) in [5.74, 6) is 0. The molecule has 0 aliphatic rings. The van der Waals surface area contributed by atoms with E-state index in [1.165, 1.54) is 13.8 Å². The molecule has 92 valence electrons. The molecule has 0 radical (unpaired) electrons. The first kappa shape index (κ1) is 14.7. The smallest absolute Gasteiger partial charge is 0.421 e. The van der Waals surface area contributed by atoms with Crippen LogP contribution in [0.2, 0.25) is 0 Å². The average Bonchev–Trinajstić information content (AvgIpc) is 1.98. The molecule has 0 unspecified atom stereocenters. The van der Waals surface area contributed by atoms with Crippen LogP contribution in [-0.4, -0.2) is 24.9 Å². The zero-order chi connectivity index (χ0) is 13.2. The van der Waals surface area contributed by atoms with Crippen molar-refractivity contribution in [2.75, 3.05) is 0 Å². The second-order valence-corrected chi connectivity index (χ2v) is 6.96. The Bertz CT molecular complexity index is 412. The lowest BCUT2D eigenvalue weighted by atomic mass is 10.2. The molecule has 0 saturated carbocycles. The number of sulfonamides is 1. The van der Waals surface area contributed by atoms with E-state index in [1.54, 1.807) is 31.6 Å². The van der Waals surface area contributed by atoms with Crippen LogP contribution in [0.3, 0.4) is 0 Å². The molecule has 1 amide bonds. The topological polar surface area (TPSA) is 96.3 Å². The van der Waals surface area contributed by atoms with E-state index in [1.807, 2.05) is 0 Å². The minimum atomic E-state index is -4.07. The quantitative estimate of drug-likeness (QED) is 0.790. The van der Waals surface area contributed by atoms with Crippen molar-refractivity contribution >= 4 is 16.1 Å². The molecule has 0 aliphatic carbocycles. The van der Waals surface area contributed by atoms with Gasteiger partial charge >= 0.3 is 6.09 Å². The second kappa shape index (κ2) is 4.29. The molecule has 0 fully saturated rings. The van der Waals surface area contributed by atoms with Gasteiger partial charge in [-0.1, -0.05) is 0 Å². The summed E-state index contributed by atoms with van der Waals surface area (Å²) in [6, 6.07) is 1.59. The van der Waals surface area contributed by atoms with Gasteiger partial charge in [-0.25, -0.2) is 17.9 Å². The van der Waals surface area contributed by atoms with Crippen molar-refractivity contribution in [1.82, 2.24) is 4.72 Å². The van der Waals surface area contributed by atoms with Crippen molar-refractivity contribution in [3.8, 4) is 6.07 Å². The summed E-state index contributed by atoms with van der Waals surface area (Å²) in [6.45, 7) is 7.21. The van der Waals surface area contributed by atoms with Crippen molar-refractivity contribution in [1.29, 1.82) is 5.26 Å². The molecule has 0 spiro atoms. The van der Waals surface area contributed by atoms with E-state index in [4.69, 9.17) is 10.00 Å². The fourth-order valence-electron chi connectivity index (χ4n) is 0.596. The molecule has 0 aromatic carbocycles. The Labute approximate surface area is 95.6 Å². The largest absolute Gasteiger partial charge is 0.443 e. The molecule has 0 atom stereocenters. The van der Waals surface area contributed by atoms with Crippen molar-refractivity contribution in [2.45, 2.75) is 45.0 Å². The molecule has 7 heteroatoms. The normalized spacial score (nSPS) is 12.8. The lowest BCUT2D eigenvalue weighted by Gasteiger charge is -2.22. The first-order valence-electron chi connectivity index (χ1n) is 4.58. The van der Waals surface area contributed by atoms with Crippen LogP contribution in [-0.2, 0) is 14.8 Å². The number of nitriles is 1. The summed E-state index contributed by atoms with van der Waals surface area (Å²) in [7, 11) is -4.07. The van der Waals surface area contributed by atoms with Gasteiger partial charge in [0.05, 0.1) is 6.07 Å². The molecule has 0 rings (SSSR count). The summed E-state index contributed by atoms with van der Waals surface area (Å²) in [4.78, 5) is 11.2. The molecule has 0 aromatic rings. The van der Waals surface area contributed by atoms with Crippen molar-refractivity contribution in [3.63, 3.8) is 0 Å². The number of amides is 1. The molecule has 0 saturated heterocycles. The van der Waals surface area contributed by atoms with E-state index in [-0.39, 0.29) is 0 Å². The van der Waals surface area contributed by atoms with Crippen LogP contribution in [0, 0.1) is 11.3 Å². The highest BCUT2D eigenvalue weighted by Crippen LogP contribution is 2.14. The standard InChI is InChI=1S/C9H16N2O4S/c1-8(2,3)15-7(12)11-16(13,14)9(4,5)6-10/h1-5H3,(H,11,12). The molecular weight excluding hydrogens is 232 g/mol. The maximum Gasteiger partial charge on any atom is 0.421 e. The maximum absolute atomic E-state index is 11.5. The predicted molar refractivity (Wildman–Crippen MR) is 58.0 cm³/mol. The Morgan fingerprint density at radius 2 is 1.69 bits per heavy atom. The minimum Gasteiger partial charge on any atom is -0.443 e. The van der Waals surface area contributed by atoms with Crippen molar-refractivity contribution in [3.05, 3.63) is 0 Å². The zero-order valence-electron chi connectivity index (χ0n) is 9.99. The van der Waals surface area contributed by atoms with Gasteiger partial charge in [0.1, 0.15) is 5.60 Å². The van der Waals surface area contributed by atoms with Crippen molar-refractivity contribution < 1.29 is 17.9 Å². The van der Waals surface area contributed by atoms with Crippen LogP contribution in [0.15, 0.2) is 0 Å². The number of rotatable bonds is 2. The highest BCUT2D eigenvalue weighted by atomic mass is 32.2. The number of carbonyl (C=O) groups excluding carboxylic acids is 1. The zero-order valence-corrected chi connectivity index (χ0v) is 10.8. The first-order valence-corrected chi connectivity index (χ1v) is 6.06. The highest BCUT2D eigenvalue weighted by Gasteiger charge is 2.36. The molecule has 0 aliphatic heterocycles. The van der Waals surface area contributed by atoms with Gasteiger partial charge in [0.2, 0.25) is 0 Å². The third-order valence-corrected chi connectivity index (χ3v) is 3.43. The third kappa shape index (κ3) is 4.06. The molecule has 0 aromatic heterocycles. The Morgan fingerprint density at radius 1 is 1.25 bits per heavy atom. The molecule has 6 nitrogen and oxygen atoms in total. The van der Waals surface area contributed by atoms with E-state index >= 15 is 0 Å². The summed E-state index contributed by atoms with van der Waals surface area (Å²) < 4.78 is 27.9. The highest BCUT2D eigenvalue weighted by molar-refractivity contribution is 7.91. The first-order chi connectivity index (χ1) is 6.91. The van der Waals surface area contributed by atoms with Gasteiger partial charge in [0.25, 0.3) is 10.0 Å². The summed E-state index contributed by atoms with van der Waals surface area (Å²) in [5.41, 5.74) is -0.795. The van der Waals surface area contributed by atoms with Crippen LogP contribution in [0.5, 0.6) is 0 Å². The Balaban J connectivity index is 4.78. The lowest BCUT2D eigenvalue weighted by molar-refractivity contribution is 0.0569. The SMILES string of the molecule is CC(C)(C)OC(=O)NS(=O)(=O)C(C)(C)C#N. The minimum absolute atomic E-state index is 0.795. The Kier molecular flexibility index (Phi) is 3.95. The molecule has 0 bridgehead atoms. The number of hydrogen-bond donors (Lipinski definition) is 1. The van der Waals surface area contributed by atoms with E-state index in [2.05, 4.69) is 0 Å². The number of nitrogens with zero attached hydrogens (tertiary/aromatic N) is 1. The van der Waals surface area contributed by atoms with Crippen LogP contribution in [0.25, 0.3) is 0 Å². The summed E-state index contributed by atoms with van der Waals surface area (Å²) >= 11 is 0. The monoisotopic (exact) mass is 248 g/mol. The molecule has 16 heavy (non-hydrogen) atoms. The van der Waals surface area contributed by atoms with Crippen LogP contribution in [0.1, 0.15) is 34.6 Å². The molecule has 0 heterocycles. The van der Waals surface area contributed by atoms with Gasteiger partial charge in [0.15, 0.2) is 4.75 Å². The van der Waals surface area contributed by atoms with Gasteiger partial charge in [-0.2, -0.15) is 5.26 Å². The fraction of sp³-hybridized carbons (Fsp3) is 0.778. The number of carbonyl (C=O) groups is 1. The predicted octanol–water partition coefficient (Wildman–Crippen LogP) is 1.14. The van der Waals surface area contributed by atoms with Gasteiger partial charge in [-0.05, 0) is 34.6 Å². The second-order valence-electron chi connectivity index (χ2n) is 4.73. The van der Waals surface area contributed by atoms with Gasteiger partial charge in [0, 0.05) is 0 Å². The van der Waals surface area contributed by atoms with E-state index in [9.17, 15) is 13.2 Å². The summed E-state index contributed by atoms with van der Waals surface area (Å²) in [5, 5.41) is 8.65. The van der Waals surface area contributed by atoms with Gasteiger partial charge in [-0.3, -0.25) is 0 Å². The Morgan fingerprint density at radius 3 is 2.00 bits per heavy atom. The van der Waals surface area contributed by atoms with Gasteiger partial charge in [-0.15, -0.1) is 0 Å². The average molecular weight is 248 g/mol. The van der Waals surface area contributed by atoms with Crippen molar-refractivity contribution in [2.24, 2.45) is 0 Å². The Hall–Kier alpha value is -1.29.